The van der Waals surface area contributed by atoms with Gasteiger partial charge in [-0.05, 0) is 19.1 Å². The van der Waals surface area contributed by atoms with Crippen molar-refractivity contribution in [2.75, 3.05) is 0 Å². The first-order valence-electron chi connectivity index (χ1n) is 4.64. The van der Waals surface area contributed by atoms with Gasteiger partial charge in [0.15, 0.2) is 0 Å². The molecule has 16 heavy (non-hydrogen) atoms. The van der Waals surface area contributed by atoms with E-state index in [1.165, 1.54) is 0 Å². The second-order valence-corrected chi connectivity index (χ2v) is 4.30. The van der Waals surface area contributed by atoms with Crippen molar-refractivity contribution < 1.29 is 9.90 Å². The van der Waals surface area contributed by atoms with Crippen molar-refractivity contribution in [3.8, 4) is 11.3 Å². The molecule has 0 saturated heterocycles. The molecule has 0 amide bonds. The number of H-pyrrole nitrogens is 1. The van der Waals surface area contributed by atoms with Crippen LogP contribution < -0.4 is 0 Å². The minimum absolute atomic E-state index is 0.224. The number of hydrogen-bond acceptors (Lipinski definition) is 2. The van der Waals surface area contributed by atoms with Crippen molar-refractivity contribution >= 4 is 21.9 Å². The van der Waals surface area contributed by atoms with Gasteiger partial charge in [0.1, 0.15) is 11.3 Å². The number of benzene rings is 1. The van der Waals surface area contributed by atoms with Crippen LogP contribution in [-0.4, -0.2) is 21.3 Å². The van der Waals surface area contributed by atoms with E-state index in [1.54, 1.807) is 6.92 Å². The van der Waals surface area contributed by atoms with Gasteiger partial charge >= 0.3 is 5.97 Å². The maximum absolute atomic E-state index is 11.1. The molecule has 82 valence electrons. The predicted octanol–water partition coefficient (Wildman–Crippen LogP) is 2.85. The molecule has 2 N–H and O–H groups in total. The number of carbonyl (C=O) groups is 1. The highest BCUT2D eigenvalue weighted by molar-refractivity contribution is 9.10. The second-order valence-electron chi connectivity index (χ2n) is 3.38. The zero-order valence-corrected chi connectivity index (χ0v) is 10.1. The Morgan fingerprint density at radius 2 is 2.00 bits per heavy atom. The average molecular weight is 281 g/mol. The number of halogens is 1. The molecule has 4 nitrogen and oxygen atoms in total. The van der Waals surface area contributed by atoms with Crippen LogP contribution in [0.5, 0.6) is 0 Å². The Bertz CT molecular complexity index is 531. The SMILES string of the molecule is Cc1[nH]nc(-c2ccc(Br)cc2)c1C(=O)O. The predicted molar refractivity (Wildman–Crippen MR) is 63.4 cm³/mol. The molecule has 0 aliphatic rings. The Kier molecular flexibility index (Phi) is 2.78. The van der Waals surface area contributed by atoms with Crippen LogP contribution in [0.15, 0.2) is 28.7 Å². The van der Waals surface area contributed by atoms with E-state index < -0.39 is 5.97 Å². The van der Waals surface area contributed by atoms with Crippen molar-refractivity contribution in [1.29, 1.82) is 0 Å². The fourth-order valence-electron chi connectivity index (χ4n) is 1.51. The van der Waals surface area contributed by atoms with Crippen LogP contribution in [0.3, 0.4) is 0 Å². The van der Waals surface area contributed by atoms with Gasteiger partial charge in [0.25, 0.3) is 0 Å². The minimum Gasteiger partial charge on any atom is -0.478 e. The topological polar surface area (TPSA) is 66.0 Å². The molecule has 0 spiro atoms. The van der Waals surface area contributed by atoms with Gasteiger partial charge in [-0.2, -0.15) is 5.10 Å². The Morgan fingerprint density at radius 1 is 1.38 bits per heavy atom. The standard InChI is InChI=1S/C11H9BrN2O2/c1-6-9(11(15)16)10(14-13-6)7-2-4-8(12)5-3-7/h2-5H,1H3,(H,13,14)(H,15,16). The number of aryl methyl sites for hydroxylation is 1. The van der Waals surface area contributed by atoms with E-state index in [0.29, 0.717) is 11.4 Å². The Balaban J connectivity index is 2.56. The summed E-state index contributed by atoms with van der Waals surface area (Å²) in [5.74, 6) is -0.968. The van der Waals surface area contributed by atoms with Crippen molar-refractivity contribution in [1.82, 2.24) is 10.2 Å². The number of aromatic nitrogens is 2. The molecule has 0 bridgehead atoms. The maximum Gasteiger partial charge on any atom is 0.339 e. The largest absolute Gasteiger partial charge is 0.478 e. The van der Waals surface area contributed by atoms with E-state index in [1.807, 2.05) is 24.3 Å². The maximum atomic E-state index is 11.1. The molecular formula is C11H9BrN2O2. The number of carboxylic acids is 1. The van der Waals surface area contributed by atoms with Crippen molar-refractivity contribution in [3.05, 3.63) is 40.0 Å². The molecule has 0 radical (unpaired) electrons. The lowest BCUT2D eigenvalue weighted by Gasteiger charge is -1.99. The molecule has 2 rings (SSSR count). The smallest absolute Gasteiger partial charge is 0.339 e. The molecule has 0 aliphatic carbocycles. The molecule has 1 aromatic heterocycles. The molecule has 0 fully saturated rings. The number of hydrogen-bond donors (Lipinski definition) is 2. The summed E-state index contributed by atoms with van der Waals surface area (Å²) < 4.78 is 0.945. The summed E-state index contributed by atoms with van der Waals surface area (Å²) in [6.07, 6.45) is 0. The molecule has 5 heteroatoms. The molecule has 1 aromatic carbocycles. The molecule has 0 atom stereocenters. The zero-order valence-electron chi connectivity index (χ0n) is 8.49. The third-order valence-electron chi connectivity index (χ3n) is 2.28. The van der Waals surface area contributed by atoms with Crippen molar-refractivity contribution in [2.45, 2.75) is 6.92 Å². The van der Waals surface area contributed by atoms with Crippen molar-refractivity contribution in [3.63, 3.8) is 0 Å². The first-order chi connectivity index (χ1) is 7.59. The van der Waals surface area contributed by atoms with Gasteiger partial charge in [0.2, 0.25) is 0 Å². The highest BCUT2D eigenvalue weighted by atomic mass is 79.9. The molecule has 1 heterocycles. The number of nitrogens with zero attached hydrogens (tertiary/aromatic N) is 1. The highest BCUT2D eigenvalue weighted by Gasteiger charge is 2.18. The number of nitrogens with one attached hydrogen (secondary N) is 1. The number of aromatic amines is 1. The van der Waals surface area contributed by atoms with Crippen LogP contribution >= 0.6 is 15.9 Å². The third-order valence-corrected chi connectivity index (χ3v) is 2.81. The number of aromatic carboxylic acids is 1. The average Bonchev–Trinajstić information content (AvgIpc) is 2.61. The summed E-state index contributed by atoms with van der Waals surface area (Å²) in [6.45, 7) is 1.69. The summed E-state index contributed by atoms with van der Waals surface area (Å²) in [4.78, 5) is 11.1. The quantitative estimate of drug-likeness (QED) is 0.889. The third kappa shape index (κ3) is 1.86. The Morgan fingerprint density at radius 3 is 2.56 bits per heavy atom. The summed E-state index contributed by atoms with van der Waals surface area (Å²) in [5, 5.41) is 15.8. The second kappa shape index (κ2) is 4.09. The summed E-state index contributed by atoms with van der Waals surface area (Å²) in [7, 11) is 0. The highest BCUT2D eigenvalue weighted by Crippen LogP contribution is 2.24. The first kappa shape index (κ1) is 10.9. The van der Waals surface area contributed by atoms with Gasteiger partial charge < -0.3 is 5.11 Å². The number of rotatable bonds is 2. The molecule has 0 aliphatic heterocycles. The Hall–Kier alpha value is -1.62. The molecular weight excluding hydrogens is 272 g/mol. The van der Waals surface area contributed by atoms with E-state index in [2.05, 4.69) is 26.1 Å². The van der Waals surface area contributed by atoms with E-state index in [4.69, 9.17) is 5.11 Å². The first-order valence-corrected chi connectivity index (χ1v) is 5.43. The van der Waals surface area contributed by atoms with E-state index in [9.17, 15) is 4.79 Å². The van der Waals surface area contributed by atoms with Crippen LogP contribution in [-0.2, 0) is 0 Å². The van der Waals surface area contributed by atoms with E-state index in [-0.39, 0.29) is 5.56 Å². The molecule has 2 aromatic rings. The van der Waals surface area contributed by atoms with Crippen LogP contribution in [0.25, 0.3) is 11.3 Å². The summed E-state index contributed by atoms with van der Waals surface area (Å²) in [5.41, 5.74) is 2.04. The van der Waals surface area contributed by atoms with Crippen LogP contribution in [0, 0.1) is 6.92 Å². The van der Waals surface area contributed by atoms with Gasteiger partial charge in [0.05, 0.1) is 0 Å². The summed E-state index contributed by atoms with van der Waals surface area (Å²) >= 11 is 3.33. The van der Waals surface area contributed by atoms with Gasteiger partial charge in [-0.1, -0.05) is 28.1 Å². The fourth-order valence-corrected chi connectivity index (χ4v) is 1.77. The van der Waals surface area contributed by atoms with Gasteiger partial charge in [-0.3, -0.25) is 5.10 Å². The Labute approximate surface area is 100 Å². The zero-order chi connectivity index (χ0) is 11.7. The minimum atomic E-state index is -0.968. The van der Waals surface area contributed by atoms with E-state index in [0.717, 1.165) is 10.0 Å². The molecule has 0 saturated carbocycles. The molecule has 0 unspecified atom stereocenters. The normalized spacial score (nSPS) is 10.4. The number of carboxylic acid groups (broad SMARTS) is 1. The summed E-state index contributed by atoms with van der Waals surface area (Å²) in [6, 6.07) is 7.36. The lowest BCUT2D eigenvalue weighted by molar-refractivity contribution is 0.0697. The monoisotopic (exact) mass is 280 g/mol. The van der Waals surface area contributed by atoms with Crippen LogP contribution in [0.2, 0.25) is 0 Å². The van der Waals surface area contributed by atoms with Gasteiger partial charge in [-0.25, -0.2) is 4.79 Å². The van der Waals surface area contributed by atoms with Gasteiger partial charge in [-0.15, -0.1) is 0 Å². The lowest BCUT2D eigenvalue weighted by atomic mass is 10.1. The van der Waals surface area contributed by atoms with Crippen LogP contribution in [0.4, 0.5) is 0 Å². The van der Waals surface area contributed by atoms with E-state index >= 15 is 0 Å². The van der Waals surface area contributed by atoms with Gasteiger partial charge in [0, 0.05) is 15.7 Å². The van der Waals surface area contributed by atoms with Crippen LogP contribution in [0.1, 0.15) is 16.1 Å². The lowest BCUT2D eigenvalue weighted by Crippen LogP contribution is -1.99. The van der Waals surface area contributed by atoms with Crippen molar-refractivity contribution in [2.24, 2.45) is 0 Å². The fraction of sp³-hybridized carbons (Fsp3) is 0.0909.